The van der Waals surface area contributed by atoms with Crippen LogP contribution in [0, 0.1) is 20.8 Å². The molecule has 0 unspecified atom stereocenters. The second-order valence-electron chi connectivity index (χ2n) is 5.41. The SMILES string of the molecule is Cc1cccc(CNCC(=O)Nc2c(C)cccc2C)c1. The van der Waals surface area contributed by atoms with E-state index >= 15 is 0 Å². The molecule has 2 rings (SSSR count). The molecule has 3 heteroatoms. The van der Waals surface area contributed by atoms with Crippen LogP contribution in [0.3, 0.4) is 0 Å². The van der Waals surface area contributed by atoms with E-state index in [9.17, 15) is 4.79 Å². The molecule has 1 amide bonds. The van der Waals surface area contributed by atoms with Gasteiger partial charge >= 0.3 is 0 Å². The fourth-order valence-electron chi connectivity index (χ4n) is 2.34. The molecule has 0 aliphatic carbocycles. The van der Waals surface area contributed by atoms with Gasteiger partial charge in [0.1, 0.15) is 0 Å². The highest BCUT2D eigenvalue weighted by molar-refractivity contribution is 5.93. The first-order valence-electron chi connectivity index (χ1n) is 7.18. The molecule has 0 aliphatic rings. The molecule has 0 atom stereocenters. The molecule has 21 heavy (non-hydrogen) atoms. The average molecular weight is 282 g/mol. The molecule has 2 aromatic rings. The van der Waals surface area contributed by atoms with Crippen LogP contribution < -0.4 is 10.6 Å². The van der Waals surface area contributed by atoms with Crippen LogP contribution in [-0.4, -0.2) is 12.5 Å². The van der Waals surface area contributed by atoms with Crippen LogP contribution in [0.4, 0.5) is 5.69 Å². The lowest BCUT2D eigenvalue weighted by Crippen LogP contribution is -2.28. The highest BCUT2D eigenvalue weighted by Crippen LogP contribution is 2.18. The third-order valence-corrected chi connectivity index (χ3v) is 3.44. The van der Waals surface area contributed by atoms with Gasteiger partial charge in [-0.2, -0.15) is 0 Å². The predicted molar refractivity (Wildman–Crippen MR) is 87.4 cm³/mol. The van der Waals surface area contributed by atoms with Crippen LogP contribution in [0.25, 0.3) is 0 Å². The molecule has 2 aromatic carbocycles. The smallest absolute Gasteiger partial charge is 0.238 e. The van der Waals surface area contributed by atoms with Crippen LogP contribution >= 0.6 is 0 Å². The second kappa shape index (κ2) is 7.04. The van der Waals surface area contributed by atoms with E-state index < -0.39 is 0 Å². The number of carbonyl (C=O) groups is 1. The van der Waals surface area contributed by atoms with Crippen molar-refractivity contribution < 1.29 is 4.79 Å². The Morgan fingerprint density at radius 3 is 2.33 bits per heavy atom. The number of hydrogen-bond donors (Lipinski definition) is 2. The standard InChI is InChI=1S/C18H22N2O/c1-13-6-4-9-16(10-13)11-19-12-17(21)20-18-14(2)7-5-8-15(18)3/h4-10,19H,11-12H2,1-3H3,(H,20,21). The number of aryl methyl sites for hydroxylation is 3. The van der Waals surface area contributed by atoms with Gasteiger partial charge in [0.2, 0.25) is 5.91 Å². The minimum absolute atomic E-state index is 0.0138. The highest BCUT2D eigenvalue weighted by atomic mass is 16.1. The molecular weight excluding hydrogens is 260 g/mol. The van der Waals surface area contributed by atoms with Crippen molar-refractivity contribution >= 4 is 11.6 Å². The van der Waals surface area contributed by atoms with Crippen LogP contribution in [0.2, 0.25) is 0 Å². The molecule has 110 valence electrons. The van der Waals surface area contributed by atoms with Crippen molar-refractivity contribution in [2.45, 2.75) is 27.3 Å². The summed E-state index contributed by atoms with van der Waals surface area (Å²) >= 11 is 0. The van der Waals surface area contributed by atoms with Crippen LogP contribution in [-0.2, 0) is 11.3 Å². The number of benzene rings is 2. The van der Waals surface area contributed by atoms with Gasteiger partial charge in [-0.15, -0.1) is 0 Å². The van der Waals surface area contributed by atoms with Gasteiger partial charge < -0.3 is 10.6 Å². The van der Waals surface area contributed by atoms with Crippen LogP contribution in [0.15, 0.2) is 42.5 Å². The van der Waals surface area contributed by atoms with E-state index in [0.29, 0.717) is 13.1 Å². The number of carbonyl (C=O) groups excluding carboxylic acids is 1. The molecular formula is C18H22N2O. The zero-order valence-electron chi connectivity index (χ0n) is 12.9. The predicted octanol–water partition coefficient (Wildman–Crippen LogP) is 3.34. The molecule has 0 aliphatic heterocycles. The number of anilines is 1. The Kier molecular flexibility index (Phi) is 5.12. The zero-order chi connectivity index (χ0) is 15.2. The maximum Gasteiger partial charge on any atom is 0.238 e. The summed E-state index contributed by atoms with van der Waals surface area (Å²) in [6.45, 7) is 7.08. The number of amides is 1. The molecule has 0 aromatic heterocycles. The molecule has 0 bridgehead atoms. The fourth-order valence-corrected chi connectivity index (χ4v) is 2.34. The van der Waals surface area contributed by atoms with Crippen molar-refractivity contribution in [1.82, 2.24) is 5.32 Å². The second-order valence-corrected chi connectivity index (χ2v) is 5.41. The first-order valence-corrected chi connectivity index (χ1v) is 7.18. The number of rotatable bonds is 5. The van der Waals surface area contributed by atoms with Gasteiger partial charge in [0.05, 0.1) is 6.54 Å². The van der Waals surface area contributed by atoms with Gasteiger partial charge in [-0.05, 0) is 37.5 Å². The minimum Gasteiger partial charge on any atom is -0.324 e. The van der Waals surface area contributed by atoms with Crippen LogP contribution in [0.1, 0.15) is 22.3 Å². The van der Waals surface area contributed by atoms with Gasteiger partial charge in [-0.3, -0.25) is 4.79 Å². The summed E-state index contributed by atoms with van der Waals surface area (Å²) in [5.74, 6) is -0.0138. The van der Waals surface area contributed by atoms with Gasteiger partial charge in [0.25, 0.3) is 0 Å². The van der Waals surface area contributed by atoms with Crippen molar-refractivity contribution in [3.05, 3.63) is 64.7 Å². The molecule has 0 saturated heterocycles. The van der Waals surface area contributed by atoms with E-state index in [1.165, 1.54) is 11.1 Å². The maximum absolute atomic E-state index is 12.0. The summed E-state index contributed by atoms with van der Waals surface area (Å²) in [6.07, 6.45) is 0. The van der Waals surface area contributed by atoms with Crippen molar-refractivity contribution in [3.63, 3.8) is 0 Å². The van der Waals surface area contributed by atoms with Gasteiger partial charge in [-0.1, -0.05) is 48.0 Å². The molecule has 0 spiro atoms. The van der Waals surface area contributed by atoms with Crippen molar-refractivity contribution in [2.75, 3.05) is 11.9 Å². The maximum atomic E-state index is 12.0. The lowest BCUT2D eigenvalue weighted by atomic mass is 10.1. The number of hydrogen-bond acceptors (Lipinski definition) is 2. The summed E-state index contributed by atoms with van der Waals surface area (Å²) in [7, 11) is 0. The molecule has 3 nitrogen and oxygen atoms in total. The Bertz CT molecular complexity index is 615. The Morgan fingerprint density at radius 2 is 1.67 bits per heavy atom. The lowest BCUT2D eigenvalue weighted by Gasteiger charge is -2.12. The first kappa shape index (κ1) is 15.3. The quantitative estimate of drug-likeness (QED) is 0.883. The Balaban J connectivity index is 1.85. The Labute approximate surface area is 126 Å². The summed E-state index contributed by atoms with van der Waals surface area (Å²) in [5.41, 5.74) is 5.51. The molecule has 0 fully saturated rings. The van der Waals surface area contributed by atoms with Gasteiger partial charge in [0.15, 0.2) is 0 Å². The van der Waals surface area contributed by atoms with E-state index in [2.05, 4.69) is 35.8 Å². The monoisotopic (exact) mass is 282 g/mol. The van der Waals surface area contributed by atoms with Gasteiger partial charge in [0, 0.05) is 12.2 Å². The Morgan fingerprint density at radius 1 is 1.00 bits per heavy atom. The van der Waals surface area contributed by atoms with E-state index in [1.54, 1.807) is 0 Å². The van der Waals surface area contributed by atoms with Crippen molar-refractivity contribution in [2.24, 2.45) is 0 Å². The van der Waals surface area contributed by atoms with E-state index in [1.807, 2.05) is 38.1 Å². The minimum atomic E-state index is -0.0138. The third-order valence-electron chi connectivity index (χ3n) is 3.44. The topological polar surface area (TPSA) is 41.1 Å². The zero-order valence-corrected chi connectivity index (χ0v) is 12.9. The fraction of sp³-hybridized carbons (Fsp3) is 0.278. The van der Waals surface area contributed by atoms with Crippen molar-refractivity contribution in [1.29, 1.82) is 0 Å². The van der Waals surface area contributed by atoms with E-state index in [0.717, 1.165) is 16.8 Å². The summed E-state index contributed by atoms with van der Waals surface area (Å²) < 4.78 is 0. The highest BCUT2D eigenvalue weighted by Gasteiger charge is 2.06. The summed E-state index contributed by atoms with van der Waals surface area (Å²) in [4.78, 5) is 12.0. The van der Waals surface area contributed by atoms with E-state index in [-0.39, 0.29) is 5.91 Å². The van der Waals surface area contributed by atoms with Gasteiger partial charge in [-0.25, -0.2) is 0 Å². The van der Waals surface area contributed by atoms with Crippen LogP contribution in [0.5, 0.6) is 0 Å². The Hall–Kier alpha value is -2.13. The number of para-hydroxylation sites is 1. The van der Waals surface area contributed by atoms with E-state index in [4.69, 9.17) is 0 Å². The average Bonchev–Trinajstić information content (AvgIpc) is 2.43. The third kappa shape index (κ3) is 4.43. The number of nitrogens with one attached hydrogen (secondary N) is 2. The summed E-state index contributed by atoms with van der Waals surface area (Å²) in [6, 6.07) is 14.3. The van der Waals surface area contributed by atoms with Crippen molar-refractivity contribution in [3.8, 4) is 0 Å². The largest absolute Gasteiger partial charge is 0.324 e. The first-order chi connectivity index (χ1) is 10.1. The normalized spacial score (nSPS) is 10.4. The molecule has 0 radical (unpaired) electrons. The summed E-state index contributed by atoms with van der Waals surface area (Å²) in [5, 5.41) is 6.15. The molecule has 0 heterocycles. The lowest BCUT2D eigenvalue weighted by molar-refractivity contribution is -0.115. The molecule has 0 saturated carbocycles. The molecule has 2 N–H and O–H groups in total.